The molecule has 0 aliphatic rings. The number of aromatic hydroxyl groups is 1. The second-order valence-corrected chi connectivity index (χ2v) is 3.95. The average molecular weight is 239 g/mol. The molecule has 0 atom stereocenters. The lowest BCUT2D eigenvalue weighted by Gasteiger charge is -2.02. The van der Waals surface area contributed by atoms with Crippen LogP contribution >= 0.6 is 0 Å². The number of hydrogen-bond donors (Lipinski definition) is 1. The molecule has 1 N–H and O–H groups in total. The molecule has 0 amide bonds. The highest BCUT2D eigenvalue weighted by Gasteiger charge is 2.11. The van der Waals surface area contributed by atoms with Crippen molar-refractivity contribution in [2.75, 3.05) is 0 Å². The SMILES string of the molecule is Cn1ccc(-c2cc(O)c3c(C#N)cnn3c2)n1. The number of pyridine rings is 1. The molecule has 0 saturated carbocycles. The highest BCUT2D eigenvalue weighted by molar-refractivity contribution is 5.73. The lowest BCUT2D eigenvalue weighted by Crippen LogP contribution is -1.92. The van der Waals surface area contributed by atoms with E-state index in [4.69, 9.17) is 5.26 Å². The monoisotopic (exact) mass is 239 g/mol. The third-order valence-corrected chi connectivity index (χ3v) is 2.72. The number of nitriles is 1. The maximum atomic E-state index is 9.97. The number of hydrogen-bond acceptors (Lipinski definition) is 4. The van der Waals surface area contributed by atoms with Gasteiger partial charge in [-0.1, -0.05) is 0 Å². The van der Waals surface area contributed by atoms with Crippen LogP contribution in [0.4, 0.5) is 0 Å². The fourth-order valence-electron chi connectivity index (χ4n) is 1.89. The summed E-state index contributed by atoms with van der Waals surface area (Å²) in [6.07, 6.45) is 4.98. The zero-order valence-corrected chi connectivity index (χ0v) is 9.57. The molecule has 0 bridgehead atoms. The minimum Gasteiger partial charge on any atom is -0.506 e. The van der Waals surface area contributed by atoms with E-state index in [1.807, 2.05) is 25.4 Å². The molecule has 3 rings (SSSR count). The van der Waals surface area contributed by atoms with Crippen LogP contribution in [0, 0.1) is 11.3 Å². The molecule has 0 saturated heterocycles. The summed E-state index contributed by atoms with van der Waals surface area (Å²) in [6, 6.07) is 5.42. The molecule has 3 heterocycles. The number of aryl methyl sites for hydroxylation is 1. The van der Waals surface area contributed by atoms with Crippen molar-refractivity contribution < 1.29 is 5.11 Å². The smallest absolute Gasteiger partial charge is 0.143 e. The van der Waals surface area contributed by atoms with Gasteiger partial charge in [-0.3, -0.25) is 4.68 Å². The van der Waals surface area contributed by atoms with E-state index in [0.717, 1.165) is 11.3 Å². The summed E-state index contributed by atoms with van der Waals surface area (Å²) in [5.74, 6) is 0.0206. The van der Waals surface area contributed by atoms with Crippen molar-refractivity contribution >= 4 is 5.52 Å². The van der Waals surface area contributed by atoms with Crippen LogP contribution in [0.2, 0.25) is 0 Å². The van der Waals surface area contributed by atoms with Crippen molar-refractivity contribution in [3.63, 3.8) is 0 Å². The van der Waals surface area contributed by atoms with Crippen molar-refractivity contribution in [2.24, 2.45) is 7.05 Å². The molecule has 0 aliphatic carbocycles. The van der Waals surface area contributed by atoms with E-state index < -0.39 is 0 Å². The van der Waals surface area contributed by atoms with Crippen LogP contribution in [0.1, 0.15) is 5.56 Å². The van der Waals surface area contributed by atoms with Crippen molar-refractivity contribution in [1.29, 1.82) is 5.26 Å². The molecule has 3 aromatic rings. The lowest BCUT2D eigenvalue weighted by atomic mass is 10.2. The summed E-state index contributed by atoms with van der Waals surface area (Å²) in [5.41, 5.74) is 2.24. The fraction of sp³-hybridized carbons (Fsp3) is 0.0833. The van der Waals surface area contributed by atoms with Crippen LogP contribution < -0.4 is 0 Å². The third-order valence-electron chi connectivity index (χ3n) is 2.72. The molecule has 0 fully saturated rings. The largest absolute Gasteiger partial charge is 0.506 e. The van der Waals surface area contributed by atoms with Crippen LogP contribution in [-0.4, -0.2) is 24.5 Å². The quantitative estimate of drug-likeness (QED) is 0.694. The van der Waals surface area contributed by atoms with Crippen molar-refractivity contribution in [1.82, 2.24) is 19.4 Å². The van der Waals surface area contributed by atoms with Gasteiger partial charge in [-0.2, -0.15) is 15.5 Å². The summed E-state index contributed by atoms with van der Waals surface area (Å²) < 4.78 is 3.16. The number of rotatable bonds is 1. The van der Waals surface area contributed by atoms with Crippen LogP contribution in [0.15, 0.2) is 30.7 Å². The fourth-order valence-corrected chi connectivity index (χ4v) is 1.89. The van der Waals surface area contributed by atoms with E-state index in [1.54, 1.807) is 16.9 Å². The van der Waals surface area contributed by atoms with Gasteiger partial charge in [0.15, 0.2) is 0 Å². The number of nitrogens with zero attached hydrogens (tertiary/aromatic N) is 5. The van der Waals surface area contributed by atoms with Crippen LogP contribution in [0.25, 0.3) is 16.8 Å². The standard InChI is InChI=1S/C12H9N5O/c1-16-3-2-10(15-16)8-4-11(18)12-9(5-13)6-14-17(12)7-8/h2-4,6-7,18H,1H3. The Morgan fingerprint density at radius 3 is 2.94 bits per heavy atom. The van der Waals surface area contributed by atoms with Crippen LogP contribution in [-0.2, 0) is 7.05 Å². The van der Waals surface area contributed by atoms with E-state index >= 15 is 0 Å². The third kappa shape index (κ3) is 1.42. The summed E-state index contributed by atoms with van der Waals surface area (Å²) in [4.78, 5) is 0. The molecule has 0 unspecified atom stereocenters. The Hall–Kier alpha value is -2.81. The van der Waals surface area contributed by atoms with E-state index in [2.05, 4.69) is 10.2 Å². The van der Waals surface area contributed by atoms with E-state index in [-0.39, 0.29) is 5.75 Å². The zero-order chi connectivity index (χ0) is 12.7. The predicted molar refractivity (Wildman–Crippen MR) is 63.8 cm³/mol. The molecule has 0 radical (unpaired) electrons. The van der Waals surface area contributed by atoms with Gasteiger partial charge < -0.3 is 5.11 Å². The molecular weight excluding hydrogens is 230 g/mol. The second-order valence-electron chi connectivity index (χ2n) is 3.95. The predicted octanol–water partition coefficient (Wildman–Crippen LogP) is 1.31. The van der Waals surface area contributed by atoms with Gasteiger partial charge in [0.2, 0.25) is 0 Å². The van der Waals surface area contributed by atoms with E-state index in [9.17, 15) is 5.11 Å². The average Bonchev–Trinajstić information content (AvgIpc) is 2.95. The summed E-state index contributed by atoms with van der Waals surface area (Å²) in [6.45, 7) is 0. The van der Waals surface area contributed by atoms with Gasteiger partial charge in [0.05, 0.1) is 11.9 Å². The first kappa shape index (κ1) is 10.4. The minimum atomic E-state index is 0.0206. The molecule has 18 heavy (non-hydrogen) atoms. The molecule has 0 aromatic carbocycles. The Kier molecular flexibility index (Phi) is 2.07. The summed E-state index contributed by atoms with van der Waals surface area (Å²) in [7, 11) is 1.82. The van der Waals surface area contributed by atoms with Gasteiger partial charge in [-0.25, -0.2) is 4.52 Å². The van der Waals surface area contributed by atoms with Gasteiger partial charge in [0, 0.05) is 25.0 Å². The summed E-state index contributed by atoms with van der Waals surface area (Å²) in [5, 5.41) is 27.2. The highest BCUT2D eigenvalue weighted by Crippen LogP contribution is 2.27. The van der Waals surface area contributed by atoms with E-state index in [1.165, 1.54) is 10.7 Å². The Bertz CT molecular complexity index is 777. The number of aromatic nitrogens is 4. The first-order valence-electron chi connectivity index (χ1n) is 5.29. The van der Waals surface area contributed by atoms with Crippen LogP contribution in [0.3, 0.4) is 0 Å². The Morgan fingerprint density at radius 1 is 1.44 bits per heavy atom. The molecule has 0 aliphatic heterocycles. The summed E-state index contributed by atoms with van der Waals surface area (Å²) >= 11 is 0. The van der Waals surface area contributed by atoms with E-state index in [0.29, 0.717) is 11.1 Å². The van der Waals surface area contributed by atoms with Gasteiger partial charge >= 0.3 is 0 Å². The maximum absolute atomic E-state index is 9.97. The normalized spacial score (nSPS) is 10.7. The maximum Gasteiger partial charge on any atom is 0.143 e. The lowest BCUT2D eigenvalue weighted by molar-refractivity contribution is 0.478. The molecule has 3 aromatic heterocycles. The second kappa shape index (κ2) is 3.60. The molecular formula is C12H9N5O. The Morgan fingerprint density at radius 2 is 2.28 bits per heavy atom. The van der Waals surface area contributed by atoms with Crippen molar-refractivity contribution in [2.45, 2.75) is 0 Å². The first-order valence-corrected chi connectivity index (χ1v) is 5.29. The molecule has 88 valence electrons. The molecule has 6 nitrogen and oxygen atoms in total. The Labute approximate surface area is 102 Å². The molecule has 6 heteroatoms. The minimum absolute atomic E-state index is 0.0206. The number of fused-ring (bicyclic) bond motifs is 1. The van der Waals surface area contributed by atoms with Gasteiger partial charge in [-0.05, 0) is 12.1 Å². The Balaban J connectivity index is 2.26. The van der Waals surface area contributed by atoms with Gasteiger partial charge in [0.1, 0.15) is 22.9 Å². The topological polar surface area (TPSA) is 79.1 Å². The highest BCUT2D eigenvalue weighted by atomic mass is 16.3. The van der Waals surface area contributed by atoms with Gasteiger partial charge in [0.25, 0.3) is 0 Å². The first-order chi connectivity index (χ1) is 8.69. The molecule has 0 spiro atoms. The zero-order valence-electron chi connectivity index (χ0n) is 9.57. The van der Waals surface area contributed by atoms with Gasteiger partial charge in [-0.15, -0.1) is 0 Å². The van der Waals surface area contributed by atoms with Crippen molar-refractivity contribution in [3.05, 3.63) is 36.3 Å². The van der Waals surface area contributed by atoms with Crippen LogP contribution in [0.5, 0.6) is 5.75 Å². The van der Waals surface area contributed by atoms with Crippen molar-refractivity contribution in [3.8, 4) is 23.1 Å².